The number of ether oxygens (including phenoxy) is 2. The second-order valence-corrected chi connectivity index (χ2v) is 11.3. The van der Waals surface area contributed by atoms with Crippen LogP contribution in [0.5, 0.6) is 17.2 Å². The Labute approximate surface area is 223 Å². The number of piperazine rings is 1. The minimum Gasteiger partial charge on any atom is -0.497 e. The first-order chi connectivity index (χ1) is 18.0. The smallest absolute Gasteiger partial charge is 0.416 e. The van der Waals surface area contributed by atoms with Crippen LogP contribution in [-0.4, -0.2) is 56.2 Å². The van der Waals surface area contributed by atoms with Crippen molar-refractivity contribution in [2.24, 2.45) is 4.99 Å². The molecule has 0 aromatic heterocycles. The number of alkyl halides is 3. The average Bonchev–Trinajstić information content (AvgIpc) is 3.03. The van der Waals surface area contributed by atoms with E-state index in [4.69, 9.17) is 21.1 Å². The molecule has 7 nitrogen and oxygen atoms in total. The summed E-state index contributed by atoms with van der Waals surface area (Å²) >= 11 is 6.02. The lowest BCUT2D eigenvalue weighted by Crippen LogP contribution is -2.55. The average molecular weight is 566 g/mol. The van der Waals surface area contributed by atoms with Crippen molar-refractivity contribution in [1.29, 1.82) is 0 Å². The summed E-state index contributed by atoms with van der Waals surface area (Å²) in [4.78, 5) is 6.57. The number of aliphatic imine (C=N–C) groups is 1. The zero-order valence-corrected chi connectivity index (χ0v) is 21.9. The number of hydrogen-bond acceptors (Lipinski definition) is 6. The van der Waals surface area contributed by atoms with Gasteiger partial charge in [-0.1, -0.05) is 17.7 Å². The van der Waals surface area contributed by atoms with Crippen LogP contribution in [0.3, 0.4) is 0 Å². The van der Waals surface area contributed by atoms with E-state index in [2.05, 4.69) is 4.99 Å². The van der Waals surface area contributed by atoms with Crippen molar-refractivity contribution in [3.8, 4) is 17.2 Å². The Morgan fingerprint density at radius 1 is 1.05 bits per heavy atom. The number of hydrogen-bond donors (Lipinski definition) is 0. The summed E-state index contributed by atoms with van der Waals surface area (Å²) < 4.78 is 79.8. The highest BCUT2D eigenvalue weighted by atomic mass is 35.5. The van der Waals surface area contributed by atoms with Crippen LogP contribution in [0.1, 0.15) is 18.1 Å². The summed E-state index contributed by atoms with van der Waals surface area (Å²) in [5.74, 6) is 1.44. The monoisotopic (exact) mass is 565 g/mol. The quantitative estimate of drug-likeness (QED) is 0.393. The fourth-order valence-electron chi connectivity index (χ4n) is 4.55. The largest absolute Gasteiger partial charge is 0.497 e. The molecular weight excluding hydrogens is 543 g/mol. The molecule has 3 aromatic carbocycles. The molecular formula is C26H23ClF3N3O4S. The zero-order valence-electron chi connectivity index (χ0n) is 20.4. The molecule has 1 fully saturated rings. The van der Waals surface area contributed by atoms with Crippen LogP contribution in [0.15, 0.2) is 70.6 Å². The van der Waals surface area contributed by atoms with Crippen molar-refractivity contribution in [3.05, 3.63) is 76.8 Å². The van der Waals surface area contributed by atoms with E-state index in [1.165, 1.54) is 29.6 Å². The number of nitrogens with zero attached hydrogens (tertiary/aromatic N) is 3. The summed E-state index contributed by atoms with van der Waals surface area (Å²) in [7, 11) is -2.32. The highest BCUT2D eigenvalue weighted by Gasteiger charge is 2.37. The lowest BCUT2D eigenvalue weighted by atomic mass is 10.1. The van der Waals surface area contributed by atoms with Gasteiger partial charge in [0.1, 0.15) is 23.0 Å². The summed E-state index contributed by atoms with van der Waals surface area (Å²) in [6.45, 7) is 2.38. The van der Waals surface area contributed by atoms with Crippen LogP contribution in [0.25, 0.3) is 0 Å². The molecule has 2 aliphatic heterocycles. The first-order valence-corrected chi connectivity index (χ1v) is 13.5. The molecule has 0 radical (unpaired) electrons. The molecule has 0 aliphatic carbocycles. The Kier molecular flexibility index (Phi) is 6.79. The topological polar surface area (TPSA) is 71.4 Å². The van der Waals surface area contributed by atoms with E-state index in [1.54, 1.807) is 37.3 Å². The van der Waals surface area contributed by atoms with Crippen LogP contribution in [0.2, 0.25) is 5.02 Å². The van der Waals surface area contributed by atoms with Crippen LogP contribution >= 0.6 is 11.6 Å². The molecule has 1 unspecified atom stereocenters. The maximum Gasteiger partial charge on any atom is 0.416 e. The number of sulfonamides is 1. The number of amidine groups is 1. The third-order valence-electron chi connectivity index (χ3n) is 6.43. The van der Waals surface area contributed by atoms with Gasteiger partial charge in [-0.05, 0) is 61.5 Å². The first kappa shape index (κ1) is 26.3. The number of fused-ring (bicyclic) bond motifs is 2. The molecule has 0 amide bonds. The van der Waals surface area contributed by atoms with E-state index in [9.17, 15) is 21.6 Å². The van der Waals surface area contributed by atoms with Gasteiger partial charge in [-0.2, -0.15) is 17.5 Å². The minimum atomic E-state index is -4.55. The second-order valence-electron chi connectivity index (χ2n) is 8.95. The molecule has 0 bridgehead atoms. The van der Waals surface area contributed by atoms with E-state index >= 15 is 0 Å². The maximum atomic E-state index is 13.5. The number of halogens is 4. The fourth-order valence-corrected chi connectivity index (χ4v) is 6.47. The van der Waals surface area contributed by atoms with E-state index in [1.807, 2.05) is 4.90 Å². The van der Waals surface area contributed by atoms with Crippen molar-refractivity contribution in [3.63, 3.8) is 0 Å². The van der Waals surface area contributed by atoms with Gasteiger partial charge in [-0.25, -0.2) is 13.4 Å². The predicted molar refractivity (Wildman–Crippen MR) is 137 cm³/mol. The van der Waals surface area contributed by atoms with Crippen molar-refractivity contribution < 1.29 is 31.1 Å². The minimum absolute atomic E-state index is 0.0200. The van der Waals surface area contributed by atoms with Gasteiger partial charge in [-0.3, -0.25) is 0 Å². The Bertz CT molecular complexity index is 1530. The molecule has 38 heavy (non-hydrogen) atoms. The Morgan fingerprint density at radius 2 is 1.82 bits per heavy atom. The Balaban J connectivity index is 1.54. The molecule has 2 aliphatic rings. The van der Waals surface area contributed by atoms with Gasteiger partial charge in [0.2, 0.25) is 10.0 Å². The molecule has 5 rings (SSSR count). The standard InChI is InChI=1S/C26H23ClF3N3O4S/c1-16-15-32(10-11-33(16)38(34,35)20-5-3-4-18(27)13-20)25-21-14-19(36-2)7-9-23(21)37-24-8-6-17(26(28,29)30)12-22(24)31-25/h3-9,12-14,16H,10-11,15H2,1-2H3. The van der Waals surface area contributed by atoms with Crippen molar-refractivity contribution in [2.45, 2.75) is 24.0 Å². The van der Waals surface area contributed by atoms with Gasteiger partial charge >= 0.3 is 6.18 Å². The normalized spacial score (nSPS) is 18.1. The maximum absolute atomic E-state index is 13.5. The Hall–Kier alpha value is -3.28. The van der Waals surface area contributed by atoms with E-state index in [0.29, 0.717) is 27.9 Å². The molecule has 0 spiro atoms. The highest BCUT2D eigenvalue weighted by Crippen LogP contribution is 2.42. The molecule has 0 saturated carbocycles. The predicted octanol–water partition coefficient (Wildman–Crippen LogP) is 5.95. The van der Waals surface area contributed by atoms with Gasteiger partial charge in [0.15, 0.2) is 5.75 Å². The van der Waals surface area contributed by atoms with Gasteiger partial charge in [0, 0.05) is 30.7 Å². The third kappa shape index (κ3) is 4.93. The highest BCUT2D eigenvalue weighted by molar-refractivity contribution is 7.89. The third-order valence-corrected chi connectivity index (χ3v) is 8.67. The fraction of sp³-hybridized carbons (Fsp3) is 0.269. The number of benzene rings is 3. The van der Waals surface area contributed by atoms with Gasteiger partial charge < -0.3 is 14.4 Å². The first-order valence-electron chi connectivity index (χ1n) is 11.7. The van der Waals surface area contributed by atoms with Crippen LogP contribution in [0, 0.1) is 0 Å². The summed E-state index contributed by atoms with van der Waals surface area (Å²) in [6, 6.07) is 13.8. The van der Waals surface area contributed by atoms with E-state index in [0.717, 1.165) is 12.1 Å². The zero-order chi connectivity index (χ0) is 27.2. The van der Waals surface area contributed by atoms with Crippen molar-refractivity contribution in [2.75, 3.05) is 26.7 Å². The SMILES string of the molecule is COc1ccc2c(c1)C(N1CCN(S(=O)(=O)c3cccc(Cl)c3)C(C)C1)=Nc1cc(C(F)(F)F)ccc1O2. The number of methoxy groups -OCH3 is 1. The summed E-state index contributed by atoms with van der Waals surface area (Å²) in [6.07, 6.45) is -4.55. The van der Waals surface area contributed by atoms with E-state index in [-0.39, 0.29) is 36.0 Å². The number of rotatable bonds is 3. The second kappa shape index (κ2) is 9.79. The van der Waals surface area contributed by atoms with Crippen LogP contribution < -0.4 is 9.47 Å². The summed E-state index contributed by atoms with van der Waals surface area (Å²) in [5.41, 5.74) is -0.309. The molecule has 200 valence electrons. The molecule has 1 saturated heterocycles. The van der Waals surface area contributed by atoms with Crippen molar-refractivity contribution in [1.82, 2.24) is 9.21 Å². The summed E-state index contributed by atoms with van der Waals surface area (Å²) in [5, 5.41) is 0.313. The lowest BCUT2D eigenvalue weighted by molar-refractivity contribution is -0.137. The lowest BCUT2D eigenvalue weighted by Gasteiger charge is -2.40. The van der Waals surface area contributed by atoms with E-state index < -0.39 is 27.8 Å². The van der Waals surface area contributed by atoms with Crippen molar-refractivity contribution >= 4 is 33.1 Å². The van der Waals surface area contributed by atoms with Gasteiger partial charge in [-0.15, -0.1) is 0 Å². The van der Waals surface area contributed by atoms with Crippen LogP contribution in [0.4, 0.5) is 18.9 Å². The van der Waals surface area contributed by atoms with Gasteiger partial charge in [0.05, 0.1) is 23.1 Å². The molecule has 1 atom stereocenters. The molecule has 3 aromatic rings. The van der Waals surface area contributed by atoms with Crippen LogP contribution in [-0.2, 0) is 16.2 Å². The molecule has 0 N–H and O–H groups in total. The van der Waals surface area contributed by atoms with Gasteiger partial charge in [0.25, 0.3) is 0 Å². The molecule has 12 heteroatoms. The molecule has 2 heterocycles. The Morgan fingerprint density at radius 3 is 2.50 bits per heavy atom.